The molecule has 0 saturated carbocycles. The van der Waals surface area contributed by atoms with Gasteiger partial charge in [0.15, 0.2) is 0 Å². The monoisotopic (exact) mass is 199 g/mol. The van der Waals surface area contributed by atoms with Crippen molar-refractivity contribution in [3.05, 3.63) is 16.1 Å². The SMILES string of the molecule is CCCCc1nc(CC(=O)O)cs1. The molecule has 0 aromatic carbocycles. The molecule has 0 atom stereocenters. The fourth-order valence-corrected chi connectivity index (χ4v) is 1.87. The van der Waals surface area contributed by atoms with Gasteiger partial charge in [0.05, 0.1) is 17.1 Å². The Labute approximate surface area is 81.4 Å². The van der Waals surface area contributed by atoms with Crippen molar-refractivity contribution in [2.45, 2.75) is 32.6 Å². The van der Waals surface area contributed by atoms with Gasteiger partial charge in [-0.05, 0) is 12.8 Å². The fourth-order valence-electron chi connectivity index (χ4n) is 1.03. The first-order valence-electron chi connectivity index (χ1n) is 4.37. The van der Waals surface area contributed by atoms with Crippen LogP contribution in [0.25, 0.3) is 0 Å². The second-order valence-electron chi connectivity index (χ2n) is 2.91. The summed E-state index contributed by atoms with van der Waals surface area (Å²) in [5, 5.41) is 11.4. The molecule has 0 aliphatic carbocycles. The van der Waals surface area contributed by atoms with E-state index in [1.54, 1.807) is 11.3 Å². The first-order valence-corrected chi connectivity index (χ1v) is 5.25. The molecule has 0 amide bonds. The molecule has 72 valence electrons. The summed E-state index contributed by atoms with van der Waals surface area (Å²) in [6.45, 7) is 2.13. The standard InChI is InChI=1S/C9H13NO2S/c1-2-3-4-8-10-7(6-13-8)5-9(11)12/h6H,2-5H2,1H3,(H,11,12). The maximum atomic E-state index is 10.4. The Kier molecular flexibility index (Phi) is 3.89. The second kappa shape index (κ2) is 4.97. The maximum Gasteiger partial charge on any atom is 0.309 e. The third-order valence-electron chi connectivity index (χ3n) is 1.68. The second-order valence-corrected chi connectivity index (χ2v) is 3.85. The quantitative estimate of drug-likeness (QED) is 0.790. The number of hydrogen-bond donors (Lipinski definition) is 1. The largest absolute Gasteiger partial charge is 0.481 e. The van der Waals surface area contributed by atoms with Crippen LogP contribution >= 0.6 is 11.3 Å². The zero-order chi connectivity index (χ0) is 9.68. The van der Waals surface area contributed by atoms with Gasteiger partial charge < -0.3 is 5.11 Å². The number of aryl methyl sites for hydroxylation is 1. The summed E-state index contributed by atoms with van der Waals surface area (Å²) in [5.41, 5.74) is 0.684. The molecule has 0 fully saturated rings. The molecule has 1 N–H and O–H groups in total. The summed E-state index contributed by atoms with van der Waals surface area (Å²) in [6.07, 6.45) is 3.29. The highest BCUT2D eigenvalue weighted by Gasteiger charge is 2.05. The molecule has 13 heavy (non-hydrogen) atoms. The van der Waals surface area contributed by atoms with E-state index in [0.717, 1.165) is 24.3 Å². The number of rotatable bonds is 5. The van der Waals surface area contributed by atoms with E-state index in [0.29, 0.717) is 5.69 Å². The molecule has 1 heterocycles. The van der Waals surface area contributed by atoms with Crippen LogP contribution in [0.1, 0.15) is 30.5 Å². The predicted molar refractivity (Wildman–Crippen MR) is 52.1 cm³/mol. The van der Waals surface area contributed by atoms with Crippen LogP contribution in [0.3, 0.4) is 0 Å². The van der Waals surface area contributed by atoms with Crippen LogP contribution in [0, 0.1) is 0 Å². The van der Waals surface area contributed by atoms with Gasteiger partial charge in [0, 0.05) is 5.38 Å². The van der Waals surface area contributed by atoms with Crippen molar-refractivity contribution in [3.63, 3.8) is 0 Å². The van der Waals surface area contributed by atoms with Crippen LogP contribution < -0.4 is 0 Å². The minimum Gasteiger partial charge on any atom is -0.481 e. The van der Waals surface area contributed by atoms with Crippen molar-refractivity contribution in [1.29, 1.82) is 0 Å². The molecule has 1 aromatic heterocycles. The molecule has 1 aromatic rings. The number of hydrogen-bond acceptors (Lipinski definition) is 3. The van der Waals surface area contributed by atoms with E-state index >= 15 is 0 Å². The van der Waals surface area contributed by atoms with Gasteiger partial charge in [-0.25, -0.2) is 4.98 Å². The van der Waals surface area contributed by atoms with E-state index in [1.807, 2.05) is 5.38 Å². The molecule has 0 unspecified atom stereocenters. The smallest absolute Gasteiger partial charge is 0.309 e. The fraction of sp³-hybridized carbons (Fsp3) is 0.556. The molecule has 0 saturated heterocycles. The average molecular weight is 199 g/mol. The van der Waals surface area contributed by atoms with Gasteiger partial charge in [-0.1, -0.05) is 13.3 Å². The molecular weight excluding hydrogens is 186 g/mol. The van der Waals surface area contributed by atoms with E-state index in [1.165, 1.54) is 0 Å². The Morgan fingerprint density at radius 3 is 3.08 bits per heavy atom. The van der Waals surface area contributed by atoms with Crippen molar-refractivity contribution < 1.29 is 9.90 Å². The van der Waals surface area contributed by atoms with Crippen molar-refractivity contribution in [2.75, 3.05) is 0 Å². The highest BCUT2D eigenvalue weighted by Crippen LogP contribution is 2.12. The zero-order valence-corrected chi connectivity index (χ0v) is 8.43. The Balaban J connectivity index is 2.48. The summed E-state index contributed by atoms with van der Waals surface area (Å²) in [7, 11) is 0. The molecule has 0 bridgehead atoms. The lowest BCUT2D eigenvalue weighted by Crippen LogP contribution is -2.00. The average Bonchev–Trinajstić information content (AvgIpc) is 2.48. The summed E-state index contributed by atoms with van der Waals surface area (Å²) >= 11 is 1.56. The number of thiazole rings is 1. The molecule has 0 spiro atoms. The van der Waals surface area contributed by atoms with Gasteiger partial charge in [-0.15, -0.1) is 11.3 Å². The van der Waals surface area contributed by atoms with Gasteiger partial charge >= 0.3 is 5.97 Å². The summed E-state index contributed by atoms with van der Waals surface area (Å²) < 4.78 is 0. The lowest BCUT2D eigenvalue weighted by Gasteiger charge is -1.91. The third-order valence-corrected chi connectivity index (χ3v) is 2.63. The van der Waals surface area contributed by atoms with E-state index in [4.69, 9.17) is 5.11 Å². The maximum absolute atomic E-state index is 10.4. The Bertz CT molecular complexity index is 283. The Hall–Kier alpha value is -0.900. The van der Waals surface area contributed by atoms with Crippen molar-refractivity contribution in [1.82, 2.24) is 4.98 Å². The van der Waals surface area contributed by atoms with Crippen LogP contribution in [0.2, 0.25) is 0 Å². The molecule has 0 radical (unpaired) electrons. The number of carbonyl (C=O) groups is 1. The number of aromatic nitrogens is 1. The van der Waals surface area contributed by atoms with Crippen LogP contribution in [0.4, 0.5) is 0 Å². The number of nitrogens with zero attached hydrogens (tertiary/aromatic N) is 1. The van der Waals surface area contributed by atoms with Crippen LogP contribution in [-0.2, 0) is 17.6 Å². The van der Waals surface area contributed by atoms with Crippen molar-refractivity contribution >= 4 is 17.3 Å². The molecule has 0 aliphatic rings. The first kappa shape index (κ1) is 10.2. The highest BCUT2D eigenvalue weighted by molar-refractivity contribution is 7.09. The first-order chi connectivity index (χ1) is 6.22. The minimum atomic E-state index is -0.813. The molecular formula is C9H13NO2S. The zero-order valence-electron chi connectivity index (χ0n) is 7.62. The lowest BCUT2D eigenvalue weighted by molar-refractivity contribution is -0.136. The van der Waals surface area contributed by atoms with E-state index in [2.05, 4.69) is 11.9 Å². The molecule has 3 nitrogen and oxygen atoms in total. The summed E-state index contributed by atoms with van der Waals surface area (Å²) in [5.74, 6) is -0.813. The van der Waals surface area contributed by atoms with Gasteiger partial charge in [0.2, 0.25) is 0 Å². The van der Waals surface area contributed by atoms with E-state index < -0.39 is 5.97 Å². The third kappa shape index (κ3) is 3.55. The molecule has 0 aliphatic heterocycles. The number of aliphatic carboxylic acids is 1. The molecule has 1 rings (SSSR count). The van der Waals surface area contributed by atoms with Crippen molar-refractivity contribution in [2.24, 2.45) is 0 Å². The Morgan fingerprint density at radius 1 is 1.69 bits per heavy atom. The lowest BCUT2D eigenvalue weighted by atomic mass is 10.2. The highest BCUT2D eigenvalue weighted by atomic mass is 32.1. The van der Waals surface area contributed by atoms with Gasteiger partial charge in [0.1, 0.15) is 0 Å². The van der Waals surface area contributed by atoms with E-state index in [-0.39, 0.29) is 6.42 Å². The topological polar surface area (TPSA) is 50.2 Å². The van der Waals surface area contributed by atoms with Gasteiger partial charge in [-0.3, -0.25) is 4.79 Å². The predicted octanol–water partition coefficient (Wildman–Crippen LogP) is 2.11. The van der Waals surface area contributed by atoms with Crippen LogP contribution in [0.5, 0.6) is 0 Å². The number of carboxylic acid groups (broad SMARTS) is 1. The Morgan fingerprint density at radius 2 is 2.46 bits per heavy atom. The summed E-state index contributed by atoms with van der Waals surface area (Å²) in [6, 6.07) is 0. The molecule has 4 heteroatoms. The van der Waals surface area contributed by atoms with Crippen LogP contribution in [-0.4, -0.2) is 16.1 Å². The normalized spacial score (nSPS) is 10.2. The minimum absolute atomic E-state index is 0.0443. The van der Waals surface area contributed by atoms with Crippen LogP contribution in [0.15, 0.2) is 5.38 Å². The number of unbranched alkanes of at least 4 members (excludes halogenated alkanes) is 1. The summed E-state index contributed by atoms with van der Waals surface area (Å²) in [4.78, 5) is 14.6. The van der Waals surface area contributed by atoms with Gasteiger partial charge in [-0.2, -0.15) is 0 Å². The van der Waals surface area contributed by atoms with Crippen molar-refractivity contribution in [3.8, 4) is 0 Å². The van der Waals surface area contributed by atoms with E-state index in [9.17, 15) is 4.79 Å². The number of carboxylic acids is 1. The van der Waals surface area contributed by atoms with Gasteiger partial charge in [0.25, 0.3) is 0 Å².